The SMILES string of the molecule is CC1CCC(NC(=O)c2ccnc(C(C)(F)F)c2)CC1c1ccc2c(c1)N1CCOCC1(N)CC2O. The number of aliphatic hydroxyl groups excluding tert-OH is 1. The predicted octanol–water partition coefficient (Wildman–Crippen LogP) is 3.82. The lowest BCUT2D eigenvalue weighted by atomic mass is 9.73. The normalized spacial score (nSPS) is 30.3. The highest BCUT2D eigenvalue weighted by atomic mass is 19.3. The highest BCUT2D eigenvalue weighted by Crippen LogP contribution is 2.45. The van der Waals surface area contributed by atoms with Gasteiger partial charge in [-0.15, -0.1) is 0 Å². The standard InChI is InChI=1S/C27H34F2N4O3/c1-16-3-5-19(32-25(35)18-7-8-31-24(12-18)26(2,28)29)13-21(16)17-4-6-20-22(11-17)33-9-10-36-15-27(33,30)14-23(20)34/h4,6-8,11-12,16,19,21,23,34H,3,5,9-10,13-15,30H2,1-2H3,(H,32,35). The summed E-state index contributed by atoms with van der Waals surface area (Å²) < 4.78 is 33.0. The van der Waals surface area contributed by atoms with Gasteiger partial charge in [0.1, 0.15) is 11.4 Å². The van der Waals surface area contributed by atoms with E-state index in [9.17, 15) is 18.7 Å². The van der Waals surface area contributed by atoms with Crippen LogP contribution in [0.3, 0.4) is 0 Å². The zero-order chi connectivity index (χ0) is 25.7. The minimum atomic E-state index is -3.11. The summed E-state index contributed by atoms with van der Waals surface area (Å²) in [5, 5.41) is 13.8. The summed E-state index contributed by atoms with van der Waals surface area (Å²) in [6.07, 6.45) is 3.53. The van der Waals surface area contributed by atoms with Crippen molar-refractivity contribution in [3.8, 4) is 0 Å². The van der Waals surface area contributed by atoms with E-state index in [2.05, 4.69) is 34.3 Å². The number of rotatable bonds is 4. The topological polar surface area (TPSA) is 101 Å². The third-order valence-electron chi connectivity index (χ3n) is 8.03. The number of halogens is 2. The van der Waals surface area contributed by atoms with Crippen LogP contribution in [-0.2, 0) is 10.7 Å². The fourth-order valence-corrected chi connectivity index (χ4v) is 5.98. The molecule has 0 spiro atoms. The van der Waals surface area contributed by atoms with Gasteiger partial charge in [0.15, 0.2) is 0 Å². The van der Waals surface area contributed by atoms with Crippen molar-refractivity contribution in [1.29, 1.82) is 0 Å². The lowest BCUT2D eigenvalue weighted by Crippen LogP contribution is -2.65. The number of nitrogens with one attached hydrogen (secondary N) is 1. The van der Waals surface area contributed by atoms with E-state index < -0.39 is 23.4 Å². The molecule has 1 aliphatic carbocycles. The van der Waals surface area contributed by atoms with Crippen molar-refractivity contribution in [1.82, 2.24) is 10.3 Å². The third kappa shape index (κ3) is 4.71. The summed E-state index contributed by atoms with van der Waals surface area (Å²) in [6, 6.07) is 8.78. The molecule has 5 atom stereocenters. The van der Waals surface area contributed by atoms with Crippen molar-refractivity contribution < 1.29 is 23.4 Å². The molecular formula is C27H34F2N4O3. The minimum absolute atomic E-state index is 0.0731. The van der Waals surface area contributed by atoms with Crippen LogP contribution in [0, 0.1) is 5.92 Å². The molecule has 1 aromatic heterocycles. The van der Waals surface area contributed by atoms with E-state index in [1.54, 1.807) is 0 Å². The van der Waals surface area contributed by atoms with Crippen LogP contribution in [0.5, 0.6) is 0 Å². The molecule has 0 radical (unpaired) electrons. The van der Waals surface area contributed by atoms with Gasteiger partial charge in [-0.1, -0.05) is 19.1 Å². The first kappa shape index (κ1) is 25.0. The van der Waals surface area contributed by atoms with E-state index in [0.717, 1.165) is 49.1 Å². The number of ether oxygens (including phenoxy) is 1. The average molecular weight is 501 g/mol. The van der Waals surface area contributed by atoms with Crippen molar-refractivity contribution in [2.45, 2.75) is 69.2 Å². The molecule has 2 aromatic rings. The number of nitrogens with two attached hydrogens (primary N) is 1. The maximum Gasteiger partial charge on any atom is 0.286 e. The number of benzene rings is 1. The number of hydrogen-bond donors (Lipinski definition) is 3. The van der Waals surface area contributed by atoms with Crippen LogP contribution >= 0.6 is 0 Å². The van der Waals surface area contributed by atoms with Crippen LogP contribution < -0.4 is 16.0 Å². The molecule has 2 aliphatic heterocycles. The number of nitrogens with zero attached hydrogens (tertiary/aromatic N) is 2. The highest BCUT2D eigenvalue weighted by Gasteiger charge is 2.44. The van der Waals surface area contributed by atoms with Crippen molar-refractivity contribution >= 4 is 11.6 Å². The van der Waals surface area contributed by atoms with Crippen LogP contribution in [-0.4, -0.2) is 47.5 Å². The molecule has 5 unspecified atom stereocenters. The number of carbonyl (C=O) groups excluding carboxylic acids is 1. The second kappa shape index (κ2) is 9.36. The van der Waals surface area contributed by atoms with Crippen LogP contribution in [0.2, 0.25) is 0 Å². The number of pyridine rings is 1. The summed E-state index contributed by atoms with van der Waals surface area (Å²) >= 11 is 0. The zero-order valence-electron chi connectivity index (χ0n) is 20.7. The fourth-order valence-electron chi connectivity index (χ4n) is 5.98. The molecule has 1 aromatic carbocycles. The molecule has 7 nitrogen and oxygen atoms in total. The Balaban J connectivity index is 1.35. The third-order valence-corrected chi connectivity index (χ3v) is 8.03. The van der Waals surface area contributed by atoms with Crippen LogP contribution in [0.15, 0.2) is 36.5 Å². The molecule has 9 heteroatoms. The maximum absolute atomic E-state index is 13.7. The Hall–Kier alpha value is -2.62. The molecule has 1 saturated carbocycles. The molecule has 3 aliphatic rings. The molecule has 5 rings (SSSR count). The number of alkyl halides is 2. The van der Waals surface area contributed by atoms with Gasteiger partial charge in [0.25, 0.3) is 11.8 Å². The maximum atomic E-state index is 13.7. The van der Waals surface area contributed by atoms with Crippen molar-refractivity contribution in [3.63, 3.8) is 0 Å². The number of aromatic nitrogens is 1. The number of aliphatic hydroxyl groups is 1. The number of anilines is 1. The Morgan fingerprint density at radius 2 is 2.11 bits per heavy atom. The Kier molecular flexibility index (Phi) is 6.51. The second-order valence-electron chi connectivity index (χ2n) is 10.7. The van der Waals surface area contributed by atoms with Crippen LogP contribution in [0.1, 0.15) is 78.7 Å². The predicted molar refractivity (Wildman–Crippen MR) is 132 cm³/mol. The summed E-state index contributed by atoms with van der Waals surface area (Å²) in [7, 11) is 0. The van der Waals surface area contributed by atoms with Gasteiger partial charge >= 0.3 is 0 Å². The van der Waals surface area contributed by atoms with Gasteiger partial charge in [-0.25, -0.2) is 0 Å². The van der Waals surface area contributed by atoms with Gasteiger partial charge in [-0.2, -0.15) is 8.78 Å². The van der Waals surface area contributed by atoms with E-state index in [1.807, 2.05) is 6.07 Å². The number of carbonyl (C=O) groups is 1. The van der Waals surface area contributed by atoms with Gasteiger partial charge in [-0.05, 0) is 54.9 Å². The number of morpholine rings is 1. The molecule has 194 valence electrons. The minimum Gasteiger partial charge on any atom is -0.388 e. The molecule has 1 amide bonds. The van der Waals surface area contributed by atoms with Crippen molar-refractivity contribution in [2.75, 3.05) is 24.7 Å². The summed E-state index contributed by atoms with van der Waals surface area (Å²) in [5.74, 6) is -2.86. The lowest BCUT2D eigenvalue weighted by Gasteiger charge is -2.51. The Labute approximate surface area is 210 Å². The summed E-state index contributed by atoms with van der Waals surface area (Å²) in [4.78, 5) is 18.8. The second-order valence-corrected chi connectivity index (χ2v) is 10.7. The fraction of sp³-hybridized carbons (Fsp3) is 0.556. The average Bonchev–Trinajstić information content (AvgIpc) is 2.84. The quantitative estimate of drug-likeness (QED) is 0.590. The molecule has 1 saturated heterocycles. The zero-order valence-corrected chi connectivity index (χ0v) is 20.7. The smallest absolute Gasteiger partial charge is 0.286 e. The van der Waals surface area contributed by atoms with Crippen LogP contribution in [0.25, 0.3) is 0 Å². The first-order valence-electron chi connectivity index (χ1n) is 12.7. The van der Waals surface area contributed by atoms with Crippen molar-refractivity contribution in [2.24, 2.45) is 11.7 Å². The molecule has 0 bridgehead atoms. The van der Waals surface area contributed by atoms with E-state index in [0.29, 0.717) is 32.1 Å². The van der Waals surface area contributed by atoms with Crippen LogP contribution in [0.4, 0.5) is 14.5 Å². The number of amides is 1. The van der Waals surface area contributed by atoms with Crippen molar-refractivity contribution in [3.05, 3.63) is 58.9 Å². The lowest BCUT2D eigenvalue weighted by molar-refractivity contribution is 0.0127. The monoisotopic (exact) mass is 500 g/mol. The van der Waals surface area contributed by atoms with E-state index in [1.165, 1.54) is 12.3 Å². The first-order valence-corrected chi connectivity index (χ1v) is 12.7. The first-order chi connectivity index (χ1) is 17.0. The number of fused-ring (bicyclic) bond motifs is 3. The molecule has 4 N–H and O–H groups in total. The molecule has 3 heterocycles. The number of hydrogen-bond acceptors (Lipinski definition) is 6. The Morgan fingerprint density at radius 3 is 2.89 bits per heavy atom. The Morgan fingerprint density at radius 1 is 1.31 bits per heavy atom. The summed E-state index contributed by atoms with van der Waals surface area (Å²) in [6.45, 7) is 4.63. The molecular weight excluding hydrogens is 466 g/mol. The van der Waals surface area contributed by atoms with E-state index in [4.69, 9.17) is 10.5 Å². The van der Waals surface area contributed by atoms with Gasteiger partial charge in [0.05, 0.1) is 19.3 Å². The largest absolute Gasteiger partial charge is 0.388 e. The van der Waals surface area contributed by atoms with Gasteiger partial charge < -0.3 is 25.8 Å². The van der Waals surface area contributed by atoms with E-state index >= 15 is 0 Å². The van der Waals surface area contributed by atoms with Gasteiger partial charge in [0, 0.05) is 48.9 Å². The summed E-state index contributed by atoms with van der Waals surface area (Å²) in [5.41, 5.74) is 8.68. The molecule has 2 fully saturated rings. The Bertz CT molecular complexity index is 1140. The van der Waals surface area contributed by atoms with Gasteiger partial charge in [0.2, 0.25) is 0 Å². The van der Waals surface area contributed by atoms with Gasteiger partial charge in [-0.3, -0.25) is 9.78 Å². The highest BCUT2D eigenvalue weighted by molar-refractivity contribution is 5.94. The van der Waals surface area contributed by atoms with E-state index in [-0.39, 0.29) is 23.4 Å². The molecule has 36 heavy (non-hydrogen) atoms.